The van der Waals surface area contributed by atoms with E-state index in [1.54, 1.807) is 31.6 Å². The first-order valence-corrected chi connectivity index (χ1v) is 9.75. The van der Waals surface area contributed by atoms with Gasteiger partial charge >= 0.3 is 0 Å². The molecule has 30 heavy (non-hydrogen) atoms. The van der Waals surface area contributed by atoms with Crippen LogP contribution in [-0.2, 0) is 13.1 Å². The van der Waals surface area contributed by atoms with Gasteiger partial charge in [0.1, 0.15) is 29.7 Å². The van der Waals surface area contributed by atoms with Crippen LogP contribution in [0.3, 0.4) is 0 Å². The fraction of sp³-hybridized carbons (Fsp3) is 0.208. The van der Waals surface area contributed by atoms with Gasteiger partial charge in [0.05, 0.1) is 18.9 Å². The third kappa shape index (κ3) is 3.15. The molecule has 3 heterocycles. The highest BCUT2D eigenvalue weighted by atomic mass is 16.5. The molecule has 1 aromatic heterocycles. The minimum atomic E-state index is -0.144. The van der Waals surface area contributed by atoms with E-state index < -0.39 is 0 Å². The van der Waals surface area contributed by atoms with Gasteiger partial charge in [-0.1, -0.05) is 18.2 Å². The number of benzene rings is 2. The summed E-state index contributed by atoms with van der Waals surface area (Å²) in [4.78, 5) is 15.1. The highest BCUT2D eigenvalue weighted by Crippen LogP contribution is 2.43. The minimum absolute atomic E-state index is 0.144. The van der Waals surface area contributed by atoms with E-state index in [1.807, 2.05) is 37.3 Å². The number of rotatable bonds is 4. The molecule has 0 saturated heterocycles. The number of carbonyl (C=O) groups excluding carboxylic acids is 1. The Balaban J connectivity index is 1.43. The number of furan rings is 1. The second-order valence-corrected chi connectivity index (χ2v) is 7.39. The Labute approximate surface area is 174 Å². The van der Waals surface area contributed by atoms with Gasteiger partial charge in [-0.2, -0.15) is 0 Å². The molecule has 0 amide bonds. The number of Topliss-reactive ketones (excluding diaryl/α,β-unsaturated/α-hetero) is 1. The number of ether oxygens (including phenoxy) is 3. The van der Waals surface area contributed by atoms with Gasteiger partial charge in [-0.25, -0.2) is 0 Å². The molecule has 0 radical (unpaired) electrons. The first kappa shape index (κ1) is 18.5. The predicted octanol–water partition coefficient (Wildman–Crippen LogP) is 4.56. The average Bonchev–Trinajstić information content (AvgIpc) is 3.38. The van der Waals surface area contributed by atoms with E-state index in [0.717, 1.165) is 28.2 Å². The van der Waals surface area contributed by atoms with Gasteiger partial charge in [0.2, 0.25) is 5.78 Å². The summed E-state index contributed by atoms with van der Waals surface area (Å²) < 4.78 is 22.7. The van der Waals surface area contributed by atoms with Crippen molar-refractivity contribution in [1.82, 2.24) is 4.90 Å². The minimum Gasteiger partial charge on any atom is -0.496 e. The maximum atomic E-state index is 12.9. The van der Waals surface area contributed by atoms with E-state index in [1.165, 1.54) is 0 Å². The number of carbonyl (C=O) groups is 1. The van der Waals surface area contributed by atoms with E-state index in [-0.39, 0.29) is 11.5 Å². The van der Waals surface area contributed by atoms with E-state index in [4.69, 9.17) is 18.6 Å². The van der Waals surface area contributed by atoms with Crippen LogP contribution < -0.4 is 14.2 Å². The zero-order valence-corrected chi connectivity index (χ0v) is 16.8. The van der Waals surface area contributed by atoms with Gasteiger partial charge < -0.3 is 18.6 Å². The summed E-state index contributed by atoms with van der Waals surface area (Å²) in [6.07, 6.45) is 3.18. The molecule has 0 unspecified atom stereocenters. The molecule has 0 spiro atoms. The summed E-state index contributed by atoms with van der Waals surface area (Å²) in [6.45, 7) is 3.74. The first-order chi connectivity index (χ1) is 14.6. The number of allylic oxidation sites excluding steroid dienone is 1. The van der Waals surface area contributed by atoms with Crippen molar-refractivity contribution in [3.05, 3.63) is 82.5 Å². The van der Waals surface area contributed by atoms with Crippen LogP contribution >= 0.6 is 0 Å². The fourth-order valence-electron chi connectivity index (χ4n) is 3.97. The van der Waals surface area contributed by atoms with Gasteiger partial charge in [0, 0.05) is 35.9 Å². The predicted molar refractivity (Wildman–Crippen MR) is 111 cm³/mol. The van der Waals surface area contributed by atoms with E-state index in [9.17, 15) is 4.79 Å². The van der Waals surface area contributed by atoms with Crippen molar-refractivity contribution in [2.75, 3.05) is 13.8 Å². The third-order valence-electron chi connectivity index (χ3n) is 5.40. The van der Waals surface area contributed by atoms with Gasteiger partial charge in [0.15, 0.2) is 5.76 Å². The topological polar surface area (TPSA) is 61.1 Å². The molecule has 5 rings (SSSR count). The zero-order valence-electron chi connectivity index (χ0n) is 16.8. The summed E-state index contributed by atoms with van der Waals surface area (Å²) in [7, 11) is 1.67. The van der Waals surface area contributed by atoms with Crippen molar-refractivity contribution in [3.8, 4) is 17.2 Å². The van der Waals surface area contributed by atoms with Crippen LogP contribution in [-0.4, -0.2) is 24.5 Å². The number of para-hydroxylation sites is 1. The summed E-state index contributed by atoms with van der Waals surface area (Å²) in [5.41, 5.74) is 3.47. The maximum absolute atomic E-state index is 12.9. The summed E-state index contributed by atoms with van der Waals surface area (Å²) in [5.74, 6) is 2.90. The number of hydrogen-bond acceptors (Lipinski definition) is 6. The number of ketones is 1. The number of methoxy groups -OCH3 is 1. The smallest absolute Gasteiger partial charge is 0.232 e. The largest absolute Gasteiger partial charge is 0.496 e. The van der Waals surface area contributed by atoms with Crippen LogP contribution in [0, 0.1) is 6.92 Å². The van der Waals surface area contributed by atoms with Crippen LogP contribution in [0.25, 0.3) is 6.08 Å². The molecule has 0 atom stereocenters. The van der Waals surface area contributed by atoms with Crippen molar-refractivity contribution >= 4 is 11.9 Å². The molecule has 0 bridgehead atoms. The highest BCUT2D eigenvalue weighted by Gasteiger charge is 2.33. The molecule has 6 nitrogen and oxygen atoms in total. The quantitative estimate of drug-likeness (QED) is 0.595. The Morgan fingerprint density at radius 3 is 2.83 bits per heavy atom. The van der Waals surface area contributed by atoms with Crippen LogP contribution in [0.2, 0.25) is 0 Å². The van der Waals surface area contributed by atoms with Crippen molar-refractivity contribution in [1.29, 1.82) is 0 Å². The number of hydrogen-bond donors (Lipinski definition) is 0. The van der Waals surface area contributed by atoms with Crippen LogP contribution in [0.4, 0.5) is 0 Å². The Hall–Kier alpha value is -3.51. The lowest BCUT2D eigenvalue weighted by Gasteiger charge is -2.30. The summed E-state index contributed by atoms with van der Waals surface area (Å²) in [5, 5.41) is 0. The van der Waals surface area contributed by atoms with E-state index >= 15 is 0 Å². The summed E-state index contributed by atoms with van der Waals surface area (Å²) >= 11 is 0. The van der Waals surface area contributed by atoms with Gasteiger partial charge in [-0.3, -0.25) is 9.69 Å². The molecule has 0 saturated carbocycles. The van der Waals surface area contributed by atoms with E-state index in [0.29, 0.717) is 36.9 Å². The Bertz CT molecular complexity index is 1150. The second-order valence-electron chi connectivity index (χ2n) is 7.39. The molecule has 0 fully saturated rings. The van der Waals surface area contributed by atoms with Gasteiger partial charge in [-0.15, -0.1) is 0 Å². The Morgan fingerprint density at radius 2 is 2.03 bits per heavy atom. The lowest BCUT2D eigenvalue weighted by molar-refractivity contribution is 0.0869. The SMILES string of the molecule is COc1ccccc1CN1COc2c(cc3c(c2C)O/C(=C\c2ccco2)C3=O)C1. The molecule has 3 aromatic rings. The third-order valence-corrected chi connectivity index (χ3v) is 5.40. The number of nitrogens with zero attached hydrogens (tertiary/aromatic N) is 1. The first-order valence-electron chi connectivity index (χ1n) is 9.75. The molecule has 2 aromatic carbocycles. The lowest BCUT2D eigenvalue weighted by atomic mass is 10.00. The van der Waals surface area contributed by atoms with Crippen molar-refractivity contribution in [2.45, 2.75) is 20.0 Å². The molecule has 2 aliphatic rings. The standard InChI is InChI=1S/C24H21NO5/c1-15-23-17(13-25(14-29-23)12-16-6-3-4-8-20(16)27-2)10-19-22(26)21(30-24(15)19)11-18-7-5-9-28-18/h3-11H,12-14H2,1-2H3/b21-11-. The normalized spacial score (nSPS) is 16.7. The van der Waals surface area contributed by atoms with Crippen LogP contribution in [0.5, 0.6) is 17.2 Å². The molecule has 152 valence electrons. The highest BCUT2D eigenvalue weighted by molar-refractivity contribution is 6.15. The molecular weight excluding hydrogens is 382 g/mol. The van der Waals surface area contributed by atoms with Crippen LogP contribution in [0.15, 0.2) is 58.9 Å². The van der Waals surface area contributed by atoms with Gasteiger partial charge in [-0.05, 0) is 31.2 Å². The van der Waals surface area contributed by atoms with Crippen molar-refractivity contribution in [3.63, 3.8) is 0 Å². The molecule has 0 N–H and O–H groups in total. The monoisotopic (exact) mass is 403 g/mol. The second kappa shape index (κ2) is 7.39. The zero-order chi connectivity index (χ0) is 20.7. The van der Waals surface area contributed by atoms with Crippen LogP contribution in [0.1, 0.15) is 32.8 Å². The molecule has 0 aliphatic carbocycles. The van der Waals surface area contributed by atoms with Crippen molar-refractivity contribution in [2.24, 2.45) is 0 Å². The van der Waals surface area contributed by atoms with Gasteiger partial charge in [0.25, 0.3) is 0 Å². The fourth-order valence-corrected chi connectivity index (χ4v) is 3.97. The van der Waals surface area contributed by atoms with E-state index in [2.05, 4.69) is 4.90 Å². The Morgan fingerprint density at radius 1 is 1.17 bits per heavy atom. The molecule has 2 aliphatic heterocycles. The Kier molecular flexibility index (Phi) is 4.56. The van der Waals surface area contributed by atoms with Crippen molar-refractivity contribution < 1.29 is 23.4 Å². The number of fused-ring (bicyclic) bond motifs is 2. The molecule has 6 heteroatoms. The molecular formula is C24H21NO5. The average molecular weight is 403 g/mol. The summed E-state index contributed by atoms with van der Waals surface area (Å²) in [6, 6.07) is 13.4. The maximum Gasteiger partial charge on any atom is 0.232 e. The lowest BCUT2D eigenvalue weighted by Crippen LogP contribution is -2.32.